The molecule has 3 aromatic rings. The Balaban J connectivity index is 1.56. The molecule has 0 amide bonds. The average molecular weight is 382 g/mol. The number of nitrogens with zero attached hydrogens (tertiary/aromatic N) is 3. The number of anilines is 1. The van der Waals surface area contributed by atoms with Gasteiger partial charge in [-0.3, -0.25) is 0 Å². The average Bonchev–Trinajstić information content (AvgIpc) is 3.32. The van der Waals surface area contributed by atoms with E-state index in [9.17, 15) is 5.11 Å². The Labute approximate surface area is 161 Å². The highest BCUT2D eigenvalue weighted by atomic mass is 16.8. The van der Waals surface area contributed by atoms with E-state index < -0.39 is 30.2 Å². The van der Waals surface area contributed by atoms with E-state index in [0.29, 0.717) is 11.3 Å². The van der Waals surface area contributed by atoms with E-state index in [1.807, 2.05) is 50.2 Å². The van der Waals surface area contributed by atoms with Crippen molar-refractivity contribution in [2.24, 2.45) is 0 Å². The highest BCUT2D eigenvalue weighted by Crippen LogP contribution is 2.53. The zero-order chi connectivity index (χ0) is 19.5. The Kier molecular flexibility index (Phi) is 3.92. The number of rotatable bonds is 3. The highest BCUT2D eigenvalue weighted by Gasteiger charge is 2.62. The van der Waals surface area contributed by atoms with Crippen molar-refractivity contribution in [2.75, 3.05) is 12.3 Å². The summed E-state index contributed by atoms with van der Waals surface area (Å²) in [6.45, 7) is 3.82. The molecule has 4 heterocycles. The number of aliphatic hydroxyl groups excluding tert-OH is 1. The Morgan fingerprint density at radius 3 is 2.89 bits per heavy atom. The molecular weight excluding hydrogens is 360 g/mol. The predicted octanol–water partition coefficient (Wildman–Crippen LogP) is 1.93. The largest absolute Gasteiger partial charge is 0.394 e. The number of hydrogen-bond acceptors (Lipinski definition) is 7. The zero-order valence-electron chi connectivity index (χ0n) is 15.6. The summed E-state index contributed by atoms with van der Waals surface area (Å²) < 4.78 is 20.5. The number of nitrogen functional groups attached to an aromatic ring is 1. The first-order valence-corrected chi connectivity index (χ1v) is 9.25. The lowest BCUT2D eigenvalue weighted by molar-refractivity contribution is -0.158. The van der Waals surface area contributed by atoms with Gasteiger partial charge in [-0.25, -0.2) is 9.50 Å². The van der Waals surface area contributed by atoms with Crippen LogP contribution in [0.25, 0.3) is 5.52 Å². The van der Waals surface area contributed by atoms with Gasteiger partial charge in [-0.1, -0.05) is 29.8 Å². The van der Waals surface area contributed by atoms with Crippen molar-refractivity contribution >= 4 is 11.3 Å². The lowest BCUT2D eigenvalue weighted by Crippen LogP contribution is -2.40. The van der Waals surface area contributed by atoms with Crippen LogP contribution in [0.1, 0.15) is 36.1 Å². The quantitative estimate of drug-likeness (QED) is 0.713. The highest BCUT2D eigenvalue weighted by molar-refractivity contribution is 5.65. The molecule has 8 nitrogen and oxygen atoms in total. The van der Waals surface area contributed by atoms with Gasteiger partial charge in [-0.15, -0.1) is 0 Å². The van der Waals surface area contributed by atoms with Crippen molar-refractivity contribution in [3.63, 3.8) is 0 Å². The van der Waals surface area contributed by atoms with E-state index in [4.69, 9.17) is 19.9 Å². The third-order valence-electron chi connectivity index (χ3n) is 5.64. The Morgan fingerprint density at radius 2 is 2.11 bits per heavy atom. The molecule has 0 spiro atoms. The van der Waals surface area contributed by atoms with Gasteiger partial charge in [0, 0.05) is 5.56 Å². The van der Waals surface area contributed by atoms with Gasteiger partial charge in [0.25, 0.3) is 0 Å². The number of ether oxygens (including phenoxy) is 3. The minimum Gasteiger partial charge on any atom is -0.394 e. The van der Waals surface area contributed by atoms with Crippen molar-refractivity contribution in [2.45, 2.75) is 44.1 Å². The third-order valence-corrected chi connectivity index (χ3v) is 5.64. The van der Waals surface area contributed by atoms with Crippen LogP contribution in [0.2, 0.25) is 0 Å². The second kappa shape index (κ2) is 6.25. The lowest BCUT2D eigenvalue weighted by Gasteiger charge is -2.27. The summed E-state index contributed by atoms with van der Waals surface area (Å²) in [5.41, 5.74) is 8.72. The molecule has 8 heteroatoms. The monoisotopic (exact) mass is 382 g/mol. The molecule has 2 aliphatic heterocycles. The summed E-state index contributed by atoms with van der Waals surface area (Å²) in [4.78, 5) is 4.03. The first-order valence-electron chi connectivity index (χ1n) is 9.25. The molecule has 2 fully saturated rings. The van der Waals surface area contributed by atoms with Crippen LogP contribution in [0.5, 0.6) is 0 Å². The number of aliphatic hydroxyl groups is 1. The Morgan fingerprint density at radius 1 is 1.25 bits per heavy atom. The molecule has 1 unspecified atom stereocenters. The molecule has 2 aromatic heterocycles. The van der Waals surface area contributed by atoms with Gasteiger partial charge in [0.05, 0.1) is 12.3 Å². The summed E-state index contributed by atoms with van der Waals surface area (Å²) in [5, 5.41) is 14.2. The van der Waals surface area contributed by atoms with Crippen LogP contribution in [0.4, 0.5) is 5.82 Å². The summed E-state index contributed by atoms with van der Waals surface area (Å²) in [6, 6.07) is 11.8. The lowest BCUT2D eigenvalue weighted by atomic mass is 9.91. The van der Waals surface area contributed by atoms with E-state index >= 15 is 0 Å². The van der Waals surface area contributed by atoms with E-state index in [1.54, 1.807) is 4.52 Å². The van der Waals surface area contributed by atoms with Gasteiger partial charge in [-0.05, 0) is 26.0 Å². The molecule has 5 rings (SSSR count). The zero-order valence-corrected chi connectivity index (χ0v) is 15.6. The van der Waals surface area contributed by atoms with Crippen molar-refractivity contribution in [1.82, 2.24) is 14.6 Å². The predicted molar refractivity (Wildman–Crippen MR) is 100 cm³/mol. The van der Waals surface area contributed by atoms with Crippen LogP contribution in [0.3, 0.4) is 0 Å². The Bertz CT molecular complexity index is 1040. The maximum absolute atomic E-state index is 9.89. The molecule has 5 atom stereocenters. The first kappa shape index (κ1) is 17.6. The van der Waals surface area contributed by atoms with Crippen molar-refractivity contribution in [3.05, 3.63) is 59.5 Å². The molecule has 0 radical (unpaired) electrons. The van der Waals surface area contributed by atoms with Gasteiger partial charge in [0.15, 0.2) is 12.1 Å². The van der Waals surface area contributed by atoms with Crippen molar-refractivity contribution < 1.29 is 19.3 Å². The maximum atomic E-state index is 9.89. The van der Waals surface area contributed by atoms with E-state index in [2.05, 4.69) is 10.1 Å². The maximum Gasteiger partial charge on any atom is 0.185 e. The van der Waals surface area contributed by atoms with Gasteiger partial charge >= 0.3 is 0 Å². The summed E-state index contributed by atoms with van der Waals surface area (Å²) in [6.07, 6.45) is -0.527. The molecule has 3 N–H and O–H groups in total. The number of aryl methyl sites for hydroxylation is 1. The van der Waals surface area contributed by atoms with Gasteiger partial charge in [-0.2, -0.15) is 5.10 Å². The summed E-state index contributed by atoms with van der Waals surface area (Å²) in [7, 11) is 0. The molecule has 2 aliphatic rings. The number of hydrogen-bond donors (Lipinski definition) is 2. The van der Waals surface area contributed by atoms with Gasteiger partial charge in [0.2, 0.25) is 0 Å². The molecule has 0 bridgehead atoms. The van der Waals surface area contributed by atoms with Crippen LogP contribution in [0, 0.1) is 6.92 Å². The fourth-order valence-electron chi connectivity index (χ4n) is 4.28. The fraction of sp³-hybridized carbons (Fsp3) is 0.400. The van der Waals surface area contributed by atoms with Crippen LogP contribution in [0.15, 0.2) is 42.7 Å². The van der Waals surface area contributed by atoms with Crippen LogP contribution < -0.4 is 5.73 Å². The summed E-state index contributed by atoms with van der Waals surface area (Å²) in [5.74, 6) is 0.390. The van der Waals surface area contributed by atoms with Crippen molar-refractivity contribution in [3.8, 4) is 0 Å². The number of aromatic nitrogens is 3. The van der Waals surface area contributed by atoms with Crippen LogP contribution in [-0.4, -0.2) is 44.1 Å². The fourth-order valence-corrected chi connectivity index (χ4v) is 4.28. The van der Waals surface area contributed by atoms with E-state index in [-0.39, 0.29) is 6.61 Å². The third kappa shape index (κ3) is 2.46. The smallest absolute Gasteiger partial charge is 0.185 e. The second-order valence-corrected chi connectivity index (χ2v) is 7.54. The summed E-state index contributed by atoms with van der Waals surface area (Å²) >= 11 is 0. The minimum atomic E-state index is -0.796. The topological polar surface area (TPSA) is 104 Å². The number of benzene rings is 1. The first-order chi connectivity index (χ1) is 13.5. The molecule has 28 heavy (non-hydrogen) atoms. The minimum absolute atomic E-state index is 0.166. The van der Waals surface area contributed by atoms with Crippen LogP contribution in [-0.2, 0) is 14.2 Å². The molecular formula is C20H22N4O4. The molecule has 0 saturated carbocycles. The second-order valence-electron chi connectivity index (χ2n) is 7.54. The van der Waals surface area contributed by atoms with Crippen LogP contribution >= 0.6 is 0 Å². The molecule has 2 saturated heterocycles. The van der Waals surface area contributed by atoms with E-state index in [1.165, 1.54) is 6.33 Å². The molecule has 0 aliphatic carbocycles. The van der Waals surface area contributed by atoms with Gasteiger partial charge in [0.1, 0.15) is 35.8 Å². The van der Waals surface area contributed by atoms with E-state index in [0.717, 1.165) is 16.8 Å². The van der Waals surface area contributed by atoms with Gasteiger partial charge < -0.3 is 25.1 Å². The number of fused-ring (bicyclic) bond motifs is 2. The Hall–Kier alpha value is -2.52. The number of nitrogens with two attached hydrogens (primary N) is 1. The standard InChI is InChI=1S/C20H22N4O4/c1-11-4-3-5-12(8-11)19-27-17-15(9-25)26-16(20(17,2)28-19)13-6-7-14-18(21)22-10-23-24(13)14/h3-8,10,15-17,19,25H,9H2,1-2H3,(H2,21,22,23)/t15-,16+,17-,19?,20+/m1/s1. The normalized spacial score (nSPS) is 32.1. The molecule has 1 aromatic carbocycles. The molecule has 146 valence electrons. The SMILES string of the molecule is Cc1cccc(C2O[C@@H]3[C@@H](CO)O[C@@H](c4ccc5c(N)ncnn45)[C@]3(C)O2)c1. The van der Waals surface area contributed by atoms with Crippen molar-refractivity contribution in [1.29, 1.82) is 0 Å².